The minimum absolute atomic E-state index is 0.363. The van der Waals surface area contributed by atoms with E-state index in [2.05, 4.69) is 6.58 Å². The van der Waals surface area contributed by atoms with E-state index in [1.54, 1.807) is 0 Å². The van der Waals surface area contributed by atoms with Crippen LogP contribution >= 0.6 is 0 Å². The molecule has 0 aliphatic carbocycles. The molecule has 76 valence electrons. The van der Waals surface area contributed by atoms with Crippen LogP contribution in [0.2, 0.25) is 0 Å². The zero-order valence-electron chi connectivity index (χ0n) is 8.16. The summed E-state index contributed by atoms with van der Waals surface area (Å²) in [6.45, 7) is 7.64. The third-order valence-electron chi connectivity index (χ3n) is 2.28. The summed E-state index contributed by atoms with van der Waals surface area (Å²) in [7, 11) is 0. The van der Waals surface area contributed by atoms with E-state index in [9.17, 15) is 5.11 Å². The van der Waals surface area contributed by atoms with Gasteiger partial charge < -0.3 is 14.6 Å². The van der Waals surface area contributed by atoms with E-state index in [1.807, 2.05) is 6.92 Å². The normalized spacial score (nSPS) is 21.4. The van der Waals surface area contributed by atoms with Gasteiger partial charge in [-0.25, -0.2) is 0 Å². The van der Waals surface area contributed by atoms with Crippen molar-refractivity contribution in [3.05, 3.63) is 12.2 Å². The molecule has 1 unspecified atom stereocenters. The fourth-order valence-corrected chi connectivity index (χ4v) is 1.45. The fourth-order valence-electron chi connectivity index (χ4n) is 1.45. The van der Waals surface area contributed by atoms with Crippen LogP contribution in [0.3, 0.4) is 0 Å². The Balaban J connectivity index is 2.26. The molecule has 1 aliphatic heterocycles. The van der Waals surface area contributed by atoms with E-state index in [-0.39, 0.29) is 6.10 Å². The largest absolute Gasteiger partial charge is 0.389 e. The van der Waals surface area contributed by atoms with Crippen LogP contribution in [0.15, 0.2) is 12.2 Å². The summed E-state index contributed by atoms with van der Waals surface area (Å²) in [4.78, 5) is 0. The van der Waals surface area contributed by atoms with Crippen molar-refractivity contribution in [2.24, 2.45) is 5.92 Å². The van der Waals surface area contributed by atoms with Crippen LogP contribution in [0.25, 0.3) is 0 Å². The van der Waals surface area contributed by atoms with Gasteiger partial charge >= 0.3 is 0 Å². The predicted octanol–water partition coefficient (Wildman–Crippen LogP) is 1.32. The van der Waals surface area contributed by atoms with Gasteiger partial charge in [0.15, 0.2) is 0 Å². The Hall–Kier alpha value is -0.380. The van der Waals surface area contributed by atoms with Crippen LogP contribution in [0, 0.1) is 5.92 Å². The standard InChI is InChI=1S/C10H18O3/c1-3-10(11)8(2)4-9-5-12-7-13-6-9/h9-11H,2-7H2,1H3. The van der Waals surface area contributed by atoms with E-state index in [0.717, 1.165) is 31.6 Å². The lowest BCUT2D eigenvalue weighted by atomic mass is 9.97. The first-order valence-corrected chi connectivity index (χ1v) is 4.75. The van der Waals surface area contributed by atoms with E-state index in [1.165, 1.54) is 0 Å². The topological polar surface area (TPSA) is 38.7 Å². The number of hydrogen-bond donors (Lipinski definition) is 1. The van der Waals surface area contributed by atoms with Crippen molar-refractivity contribution in [1.29, 1.82) is 0 Å². The number of ether oxygens (including phenoxy) is 2. The Kier molecular flexibility index (Phi) is 4.42. The zero-order valence-corrected chi connectivity index (χ0v) is 8.16. The third-order valence-corrected chi connectivity index (χ3v) is 2.28. The summed E-state index contributed by atoms with van der Waals surface area (Å²) in [5.41, 5.74) is 0.890. The maximum atomic E-state index is 9.48. The molecule has 0 aromatic heterocycles. The molecule has 13 heavy (non-hydrogen) atoms. The molecule has 1 atom stereocenters. The first kappa shape index (κ1) is 10.7. The molecule has 1 fully saturated rings. The highest BCUT2D eigenvalue weighted by molar-refractivity contribution is 5.02. The Morgan fingerprint density at radius 1 is 1.54 bits per heavy atom. The molecule has 3 heteroatoms. The smallest absolute Gasteiger partial charge is 0.146 e. The second kappa shape index (κ2) is 5.37. The van der Waals surface area contributed by atoms with Gasteiger partial charge in [-0.05, 0) is 18.4 Å². The number of rotatable bonds is 4. The Morgan fingerprint density at radius 2 is 2.15 bits per heavy atom. The first-order chi connectivity index (χ1) is 6.24. The minimum Gasteiger partial charge on any atom is -0.389 e. The lowest BCUT2D eigenvalue weighted by Crippen LogP contribution is -2.25. The summed E-state index contributed by atoms with van der Waals surface area (Å²) < 4.78 is 10.3. The maximum Gasteiger partial charge on any atom is 0.146 e. The van der Waals surface area contributed by atoms with Crippen molar-refractivity contribution in [2.75, 3.05) is 20.0 Å². The van der Waals surface area contributed by atoms with Crippen molar-refractivity contribution in [3.8, 4) is 0 Å². The molecule has 0 aromatic carbocycles. The molecule has 0 saturated carbocycles. The average Bonchev–Trinajstić information content (AvgIpc) is 2.18. The molecule has 0 bridgehead atoms. The van der Waals surface area contributed by atoms with Crippen LogP contribution in [0.1, 0.15) is 19.8 Å². The van der Waals surface area contributed by atoms with Crippen molar-refractivity contribution in [1.82, 2.24) is 0 Å². The van der Waals surface area contributed by atoms with Gasteiger partial charge in [0.05, 0.1) is 19.3 Å². The molecule has 3 nitrogen and oxygen atoms in total. The summed E-state index contributed by atoms with van der Waals surface area (Å²) in [6.07, 6.45) is 1.16. The van der Waals surface area contributed by atoms with Crippen molar-refractivity contribution in [3.63, 3.8) is 0 Å². The van der Waals surface area contributed by atoms with Gasteiger partial charge in [0.1, 0.15) is 6.79 Å². The molecular formula is C10H18O3. The van der Waals surface area contributed by atoms with Gasteiger partial charge in [0.2, 0.25) is 0 Å². The maximum absolute atomic E-state index is 9.48. The van der Waals surface area contributed by atoms with Crippen LogP contribution in [0.4, 0.5) is 0 Å². The molecule has 0 aromatic rings. The molecule has 1 N–H and O–H groups in total. The quantitative estimate of drug-likeness (QED) is 0.673. The Labute approximate surface area is 79.3 Å². The van der Waals surface area contributed by atoms with Crippen LogP contribution < -0.4 is 0 Å². The molecule has 0 radical (unpaired) electrons. The highest BCUT2D eigenvalue weighted by Crippen LogP contribution is 2.18. The van der Waals surface area contributed by atoms with Crippen LogP contribution in [-0.2, 0) is 9.47 Å². The minimum atomic E-state index is -0.373. The monoisotopic (exact) mass is 186 g/mol. The second-order valence-electron chi connectivity index (χ2n) is 3.51. The average molecular weight is 186 g/mol. The van der Waals surface area contributed by atoms with E-state index in [0.29, 0.717) is 12.7 Å². The van der Waals surface area contributed by atoms with E-state index in [4.69, 9.17) is 9.47 Å². The lowest BCUT2D eigenvalue weighted by Gasteiger charge is -2.24. The first-order valence-electron chi connectivity index (χ1n) is 4.75. The number of aliphatic hydroxyl groups is 1. The van der Waals surface area contributed by atoms with Gasteiger partial charge in [-0.15, -0.1) is 0 Å². The van der Waals surface area contributed by atoms with Gasteiger partial charge in [-0.3, -0.25) is 0 Å². The van der Waals surface area contributed by atoms with Gasteiger partial charge in [-0.1, -0.05) is 13.5 Å². The number of hydrogen-bond acceptors (Lipinski definition) is 3. The Bertz CT molecular complexity index is 162. The molecule has 1 heterocycles. The number of aliphatic hydroxyl groups excluding tert-OH is 1. The van der Waals surface area contributed by atoms with Crippen molar-refractivity contribution >= 4 is 0 Å². The van der Waals surface area contributed by atoms with Gasteiger partial charge in [-0.2, -0.15) is 0 Å². The van der Waals surface area contributed by atoms with Crippen molar-refractivity contribution in [2.45, 2.75) is 25.9 Å². The summed E-state index contributed by atoms with van der Waals surface area (Å²) in [5.74, 6) is 0.363. The lowest BCUT2D eigenvalue weighted by molar-refractivity contribution is -0.125. The third kappa shape index (κ3) is 3.46. The molecule has 1 saturated heterocycles. The zero-order chi connectivity index (χ0) is 9.68. The summed E-state index contributed by atoms with van der Waals surface area (Å²) in [5, 5.41) is 9.48. The molecule has 0 amide bonds. The SMILES string of the molecule is C=C(CC1COCOC1)C(O)CC. The Morgan fingerprint density at radius 3 is 2.69 bits per heavy atom. The van der Waals surface area contributed by atoms with Crippen molar-refractivity contribution < 1.29 is 14.6 Å². The van der Waals surface area contributed by atoms with Gasteiger partial charge in [0.25, 0.3) is 0 Å². The molecular weight excluding hydrogens is 168 g/mol. The molecule has 0 spiro atoms. The molecule has 1 aliphatic rings. The van der Waals surface area contributed by atoms with Gasteiger partial charge in [0, 0.05) is 5.92 Å². The van der Waals surface area contributed by atoms with Crippen LogP contribution in [0.5, 0.6) is 0 Å². The molecule has 1 rings (SSSR count). The fraction of sp³-hybridized carbons (Fsp3) is 0.800. The van der Waals surface area contributed by atoms with E-state index < -0.39 is 0 Å². The predicted molar refractivity (Wildman–Crippen MR) is 50.3 cm³/mol. The van der Waals surface area contributed by atoms with E-state index >= 15 is 0 Å². The highest BCUT2D eigenvalue weighted by Gasteiger charge is 2.17. The van der Waals surface area contributed by atoms with Crippen LogP contribution in [-0.4, -0.2) is 31.2 Å². The summed E-state index contributed by atoms with van der Waals surface area (Å²) >= 11 is 0. The summed E-state index contributed by atoms with van der Waals surface area (Å²) in [6, 6.07) is 0. The second-order valence-corrected chi connectivity index (χ2v) is 3.51. The highest BCUT2D eigenvalue weighted by atomic mass is 16.7.